The number of hydrogen-bond acceptors (Lipinski definition) is 4. The first kappa shape index (κ1) is 13.2. The third-order valence-corrected chi connectivity index (χ3v) is 6.96. The fourth-order valence-corrected chi connectivity index (χ4v) is 5.61. The van der Waals surface area contributed by atoms with Gasteiger partial charge in [-0.1, -0.05) is 0 Å². The normalized spacial score (nSPS) is 40.7. The molecular weight excluding hydrogens is 244 g/mol. The first-order valence-corrected chi connectivity index (χ1v) is 8.40. The molecule has 0 radical (unpaired) electrons. The molecule has 0 aromatic carbocycles. The minimum Gasteiger partial charge on any atom is -0.375 e. The van der Waals surface area contributed by atoms with Crippen LogP contribution in [0, 0.1) is 5.92 Å². The highest BCUT2D eigenvalue weighted by Crippen LogP contribution is 2.49. The average molecular weight is 270 g/mol. The van der Waals surface area contributed by atoms with Crippen LogP contribution in [-0.2, 0) is 4.74 Å². The summed E-state index contributed by atoms with van der Waals surface area (Å²) in [5.74, 6) is 7.90. The SMILES string of the molecule is CC1(C(NN)C2CCOC3(CCC3)C2)CCCS1. The van der Waals surface area contributed by atoms with Crippen molar-refractivity contribution < 1.29 is 4.74 Å². The second-order valence-electron chi connectivity index (χ2n) is 6.55. The molecule has 3 atom stereocenters. The Morgan fingerprint density at radius 3 is 2.72 bits per heavy atom. The second kappa shape index (κ2) is 4.97. The van der Waals surface area contributed by atoms with Crippen molar-refractivity contribution in [3.63, 3.8) is 0 Å². The predicted octanol–water partition coefficient (Wildman–Crippen LogP) is 2.45. The maximum Gasteiger partial charge on any atom is 0.0685 e. The van der Waals surface area contributed by atoms with Crippen molar-refractivity contribution >= 4 is 11.8 Å². The van der Waals surface area contributed by atoms with Gasteiger partial charge in [-0.05, 0) is 63.5 Å². The van der Waals surface area contributed by atoms with Gasteiger partial charge in [0.25, 0.3) is 0 Å². The van der Waals surface area contributed by atoms with Crippen molar-refractivity contribution in [2.45, 2.75) is 68.3 Å². The molecule has 0 bridgehead atoms. The van der Waals surface area contributed by atoms with Crippen molar-refractivity contribution in [2.75, 3.05) is 12.4 Å². The molecule has 0 aromatic rings. The largest absolute Gasteiger partial charge is 0.375 e. The standard InChI is InChI=1S/C14H26N2OS/c1-13(5-3-9-18-13)12(16-15)11-4-8-17-14(10-11)6-2-7-14/h11-12,16H,2-10,15H2,1H3. The molecule has 0 amide bonds. The Labute approximate surface area is 115 Å². The fraction of sp³-hybridized carbons (Fsp3) is 1.00. The second-order valence-corrected chi connectivity index (χ2v) is 8.18. The highest BCUT2D eigenvalue weighted by molar-refractivity contribution is 8.00. The van der Waals surface area contributed by atoms with Gasteiger partial charge in [0, 0.05) is 17.4 Å². The Kier molecular flexibility index (Phi) is 3.65. The molecule has 1 aliphatic carbocycles. The smallest absolute Gasteiger partial charge is 0.0685 e. The zero-order chi connectivity index (χ0) is 12.6. The van der Waals surface area contributed by atoms with Crippen LogP contribution in [0.1, 0.15) is 51.9 Å². The third kappa shape index (κ3) is 2.21. The number of hydrogen-bond donors (Lipinski definition) is 2. The zero-order valence-corrected chi connectivity index (χ0v) is 12.2. The number of nitrogens with two attached hydrogens (primary N) is 1. The lowest BCUT2D eigenvalue weighted by molar-refractivity contribution is -0.148. The average Bonchev–Trinajstić information content (AvgIpc) is 2.76. The van der Waals surface area contributed by atoms with E-state index in [2.05, 4.69) is 24.1 Å². The Balaban J connectivity index is 1.71. The van der Waals surface area contributed by atoms with E-state index in [-0.39, 0.29) is 5.60 Å². The first-order chi connectivity index (χ1) is 8.68. The van der Waals surface area contributed by atoms with Crippen LogP contribution in [0.4, 0.5) is 0 Å². The molecule has 2 saturated heterocycles. The van der Waals surface area contributed by atoms with Crippen LogP contribution in [0.25, 0.3) is 0 Å². The topological polar surface area (TPSA) is 47.3 Å². The molecule has 1 saturated carbocycles. The van der Waals surface area contributed by atoms with Gasteiger partial charge in [-0.2, -0.15) is 11.8 Å². The van der Waals surface area contributed by atoms with Crippen LogP contribution in [0.3, 0.4) is 0 Å². The quantitative estimate of drug-likeness (QED) is 0.611. The molecule has 3 rings (SSSR count). The maximum atomic E-state index is 6.05. The Morgan fingerprint density at radius 1 is 1.33 bits per heavy atom. The van der Waals surface area contributed by atoms with Crippen molar-refractivity contribution in [2.24, 2.45) is 11.8 Å². The number of thioether (sulfide) groups is 1. The van der Waals surface area contributed by atoms with Crippen LogP contribution in [0.5, 0.6) is 0 Å². The van der Waals surface area contributed by atoms with E-state index in [9.17, 15) is 0 Å². The van der Waals surface area contributed by atoms with Crippen LogP contribution in [0.2, 0.25) is 0 Å². The van der Waals surface area contributed by atoms with Crippen molar-refractivity contribution in [3.8, 4) is 0 Å². The number of ether oxygens (including phenoxy) is 1. The number of rotatable bonds is 3. The van der Waals surface area contributed by atoms with Gasteiger partial charge in [-0.15, -0.1) is 0 Å². The van der Waals surface area contributed by atoms with Crippen LogP contribution in [0.15, 0.2) is 0 Å². The van der Waals surface area contributed by atoms with Crippen LogP contribution in [-0.4, -0.2) is 28.7 Å². The molecule has 3 unspecified atom stereocenters. The molecule has 104 valence electrons. The van der Waals surface area contributed by atoms with Gasteiger partial charge in [-0.25, -0.2) is 0 Å². The van der Waals surface area contributed by atoms with Crippen LogP contribution >= 0.6 is 11.8 Å². The van der Waals surface area contributed by atoms with Crippen molar-refractivity contribution in [3.05, 3.63) is 0 Å². The molecular formula is C14H26N2OS. The lowest BCUT2D eigenvalue weighted by Crippen LogP contribution is -2.57. The third-order valence-electron chi connectivity index (χ3n) is 5.35. The lowest BCUT2D eigenvalue weighted by atomic mass is 9.68. The molecule has 0 aromatic heterocycles. The van der Waals surface area contributed by atoms with E-state index in [1.807, 2.05) is 0 Å². The molecule has 18 heavy (non-hydrogen) atoms. The fourth-order valence-electron chi connectivity index (χ4n) is 4.13. The van der Waals surface area contributed by atoms with Gasteiger partial charge >= 0.3 is 0 Å². The van der Waals surface area contributed by atoms with E-state index in [0.717, 1.165) is 6.61 Å². The maximum absolute atomic E-state index is 6.05. The van der Waals surface area contributed by atoms with Gasteiger partial charge in [0.05, 0.1) is 5.60 Å². The highest BCUT2D eigenvalue weighted by Gasteiger charge is 2.48. The van der Waals surface area contributed by atoms with Crippen molar-refractivity contribution in [1.29, 1.82) is 0 Å². The summed E-state index contributed by atoms with van der Waals surface area (Å²) >= 11 is 2.11. The zero-order valence-electron chi connectivity index (χ0n) is 11.4. The molecule has 2 aliphatic heterocycles. The van der Waals surface area contributed by atoms with Gasteiger partial charge < -0.3 is 4.74 Å². The van der Waals surface area contributed by atoms with E-state index in [4.69, 9.17) is 10.6 Å². The molecule has 3 aliphatic rings. The first-order valence-electron chi connectivity index (χ1n) is 7.42. The van der Waals surface area contributed by atoms with Gasteiger partial charge in [0.1, 0.15) is 0 Å². The summed E-state index contributed by atoms with van der Waals surface area (Å²) in [7, 11) is 0. The molecule has 3 fully saturated rings. The molecule has 3 N–H and O–H groups in total. The Bertz CT molecular complexity index is 300. The summed E-state index contributed by atoms with van der Waals surface area (Å²) in [6.07, 6.45) is 8.92. The molecule has 4 heteroatoms. The predicted molar refractivity (Wildman–Crippen MR) is 76.5 cm³/mol. The summed E-state index contributed by atoms with van der Waals surface area (Å²) in [5, 5.41) is 0. The monoisotopic (exact) mass is 270 g/mol. The summed E-state index contributed by atoms with van der Waals surface area (Å²) in [6.45, 7) is 3.34. The van der Waals surface area contributed by atoms with Crippen LogP contribution < -0.4 is 11.3 Å². The van der Waals surface area contributed by atoms with E-state index >= 15 is 0 Å². The Morgan fingerprint density at radius 2 is 2.17 bits per heavy atom. The summed E-state index contributed by atoms with van der Waals surface area (Å²) in [6, 6.07) is 0.450. The van der Waals surface area contributed by atoms with Gasteiger partial charge in [0.2, 0.25) is 0 Å². The minimum atomic E-state index is 0.234. The minimum absolute atomic E-state index is 0.234. The summed E-state index contributed by atoms with van der Waals surface area (Å²) < 4.78 is 6.38. The Hall–Kier alpha value is 0.230. The molecule has 3 nitrogen and oxygen atoms in total. The molecule has 2 heterocycles. The lowest BCUT2D eigenvalue weighted by Gasteiger charge is -2.50. The van der Waals surface area contributed by atoms with E-state index in [0.29, 0.717) is 16.7 Å². The van der Waals surface area contributed by atoms with E-state index in [1.54, 1.807) is 0 Å². The molecule has 1 spiro atoms. The van der Waals surface area contributed by atoms with Gasteiger partial charge in [0.15, 0.2) is 0 Å². The highest BCUT2D eigenvalue weighted by atomic mass is 32.2. The van der Waals surface area contributed by atoms with E-state index in [1.165, 1.54) is 50.7 Å². The van der Waals surface area contributed by atoms with Crippen molar-refractivity contribution in [1.82, 2.24) is 5.43 Å². The number of hydrazine groups is 1. The number of nitrogens with one attached hydrogen (secondary N) is 1. The van der Waals surface area contributed by atoms with E-state index < -0.39 is 0 Å². The van der Waals surface area contributed by atoms with Gasteiger partial charge in [-0.3, -0.25) is 11.3 Å². The summed E-state index contributed by atoms with van der Waals surface area (Å²) in [4.78, 5) is 0. The summed E-state index contributed by atoms with van der Waals surface area (Å²) in [5.41, 5.74) is 3.40.